The SMILES string of the molecule is Cc1c(C2CCN(C(=O)OC(C)(C)C)CC2)ccc2c(-c3nc(NC4CCOCC4)ncc3Cl)cnn12. The maximum absolute atomic E-state index is 12.5. The molecule has 10 heteroatoms. The van der Waals surface area contributed by atoms with Gasteiger partial charge in [0.05, 0.1) is 28.6 Å². The lowest BCUT2D eigenvalue weighted by atomic mass is 9.88. The maximum atomic E-state index is 12.5. The van der Waals surface area contributed by atoms with Gasteiger partial charge in [0.2, 0.25) is 5.95 Å². The fourth-order valence-electron chi connectivity index (χ4n) is 5.16. The molecule has 0 unspecified atom stereocenters. The number of aromatic nitrogens is 4. The molecule has 37 heavy (non-hydrogen) atoms. The van der Waals surface area contributed by atoms with Gasteiger partial charge in [-0.15, -0.1) is 0 Å². The number of aryl methyl sites for hydroxylation is 1. The molecular formula is C27H35ClN6O3. The lowest BCUT2D eigenvalue weighted by Gasteiger charge is -2.34. The third-order valence-electron chi connectivity index (χ3n) is 7.10. The summed E-state index contributed by atoms with van der Waals surface area (Å²) < 4.78 is 13.0. The standard InChI is InChI=1S/C27H35ClN6O3/c1-17-20(18-7-11-33(12-8-18)26(35)37-27(2,3)4)5-6-23-21(15-30-34(17)23)24-22(28)16-29-25(32-24)31-19-9-13-36-14-10-19/h5-6,15-16,18-19H,7-14H2,1-4H3,(H,29,31,32). The van der Waals surface area contributed by atoms with Crippen molar-refractivity contribution in [1.82, 2.24) is 24.5 Å². The summed E-state index contributed by atoms with van der Waals surface area (Å²) in [6, 6.07) is 4.56. The average Bonchev–Trinajstić information content (AvgIpc) is 3.30. The van der Waals surface area contributed by atoms with E-state index in [-0.39, 0.29) is 6.09 Å². The fourth-order valence-corrected chi connectivity index (χ4v) is 5.35. The summed E-state index contributed by atoms with van der Waals surface area (Å²) in [4.78, 5) is 23.4. The fraction of sp³-hybridized carbons (Fsp3) is 0.556. The summed E-state index contributed by atoms with van der Waals surface area (Å²) in [7, 11) is 0. The highest BCUT2D eigenvalue weighted by atomic mass is 35.5. The number of halogens is 1. The Hall–Kier alpha value is -2.91. The number of anilines is 1. The number of pyridine rings is 1. The van der Waals surface area contributed by atoms with Gasteiger partial charge in [-0.1, -0.05) is 17.7 Å². The topological polar surface area (TPSA) is 93.9 Å². The van der Waals surface area contributed by atoms with E-state index in [0.717, 1.165) is 55.7 Å². The van der Waals surface area contributed by atoms with Crippen LogP contribution in [0.2, 0.25) is 5.02 Å². The predicted octanol–water partition coefficient (Wildman–Crippen LogP) is 5.46. The van der Waals surface area contributed by atoms with E-state index in [0.29, 0.717) is 41.7 Å². The first-order valence-corrected chi connectivity index (χ1v) is 13.4. The van der Waals surface area contributed by atoms with Crippen LogP contribution in [0.1, 0.15) is 63.6 Å². The number of piperidine rings is 1. The van der Waals surface area contributed by atoms with Gasteiger partial charge in [-0.2, -0.15) is 5.10 Å². The van der Waals surface area contributed by atoms with E-state index in [1.165, 1.54) is 5.56 Å². The quantitative estimate of drug-likeness (QED) is 0.482. The van der Waals surface area contributed by atoms with Crippen LogP contribution in [0.25, 0.3) is 16.8 Å². The molecule has 0 aliphatic carbocycles. The number of nitrogens with one attached hydrogen (secondary N) is 1. The molecule has 2 fully saturated rings. The summed E-state index contributed by atoms with van der Waals surface area (Å²) in [5, 5.41) is 8.61. The van der Waals surface area contributed by atoms with Gasteiger partial charge in [0.15, 0.2) is 0 Å². The molecule has 0 aromatic carbocycles. The van der Waals surface area contributed by atoms with E-state index in [9.17, 15) is 4.79 Å². The molecular weight excluding hydrogens is 492 g/mol. The molecule has 0 atom stereocenters. The van der Waals surface area contributed by atoms with E-state index in [1.807, 2.05) is 36.4 Å². The van der Waals surface area contributed by atoms with Gasteiger partial charge in [0, 0.05) is 43.6 Å². The normalized spacial score (nSPS) is 17.8. The van der Waals surface area contributed by atoms with Crippen LogP contribution in [-0.2, 0) is 9.47 Å². The van der Waals surface area contributed by atoms with Crippen LogP contribution in [0.4, 0.5) is 10.7 Å². The van der Waals surface area contributed by atoms with Crippen molar-refractivity contribution in [3.8, 4) is 11.3 Å². The molecule has 2 aliphatic heterocycles. The van der Waals surface area contributed by atoms with Gasteiger partial charge >= 0.3 is 6.09 Å². The summed E-state index contributed by atoms with van der Waals surface area (Å²) in [5.41, 5.74) is 4.34. The number of carbonyl (C=O) groups is 1. The van der Waals surface area contributed by atoms with Gasteiger partial charge in [0.1, 0.15) is 5.60 Å². The van der Waals surface area contributed by atoms with Crippen molar-refractivity contribution in [2.24, 2.45) is 0 Å². The molecule has 0 saturated carbocycles. The third kappa shape index (κ3) is 5.67. The smallest absolute Gasteiger partial charge is 0.410 e. The van der Waals surface area contributed by atoms with Gasteiger partial charge < -0.3 is 19.7 Å². The second kappa shape index (κ2) is 10.5. The minimum Gasteiger partial charge on any atom is -0.444 e. The number of fused-ring (bicyclic) bond motifs is 1. The number of rotatable bonds is 4. The van der Waals surface area contributed by atoms with Crippen molar-refractivity contribution < 1.29 is 14.3 Å². The highest BCUT2D eigenvalue weighted by molar-refractivity contribution is 6.33. The van der Waals surface area contributed by atoms with E-state index >= 15 is 0 Å². The number of likely N-dealkylation sites (tertiary alicyclic amines) is 1. The zero-order valence-corrected chi connectivity index (χ0v) is 22.7. The summed E-state index contributed by atoms with van der Waals surface area (Å²) in [6.07, 6.45) is 6.87. The molecule has 5 heterocycles. The van der Waals surface area contributed by atoms with Crippen LogP contribution in [0, 0.1) is 6.92 Å². The van der Waals surface area contributed by atoms with Crippen LogP contribution in [0.3, 0.4) is 0 Å². The minimum absolute atomic E-state index is 0.234. The highest BCUT2D eigenvalue weighted by Crippen LogP contribution is 2.35. The highest BCUT2D eigenvalue weighted by Gasteiger charge is 2.29. The van der Waals surface area contributed by atoms with Crippen molar-refractivity contribution in [2.75, 3.05) is 31.6 Å². The molecule has 1 amide bonds. The largest absolute Gasteiger partial charge is 0.444 e. The van der Waals surface area contributed by atoms with Crippen LogP contribution in [-0.4, -0.2) is 68.5 Å². The first kappa shape index (κ1) is 25.7. The predicted molar refractivity (Wildman–Crippen MR) is 143 cm³/mol. The Labute approximate surface area is 222 Å². The number of carbonyl (C=O) groups excluding carboxylic acids is 1. The molecule has 0 radical (unpaired) electrons. The molecule has 9 nitrogen and oxygen atoms in total. The zero-order valence-electron chi connectivity index (χ0n) is 22.0. The first-order chi connectivity index (χ1) is 17.7. The van der Waals surface area contributed by atoms with Crippen molar-refractivity contribution in [3.05, 3.63) is 40.8 Å². The molecule has 1 N–H and O–H groups in total. The Kier molecular flexibility index (Phi) is 7.27. The molecule has 198 valence electrons. The Balaban J connectivity index is 1.34. The Bertz CT molecular complexity index is 1270. The molecule has 0 bridgehead atoms. The Morgan fingerprint density at radius 3 is 2.57 bits per heavy atom. The van der Waals surface area contributed by atoms with Crippen LogP contribution in [0.15, 0.2) is 24.5 Å². The molecule has 3 aromatic heterocycles. The summed E-state index contributed by atoms with van der Waals surface area (Å²) in [5.74, 6) is 0.921. The van der Waals surface area contributed by atoms with Crippen molar-refractivity contribution in [2.45, 2.75) is 70.9 Å². The zero-order chi connectivity index (χ0) is 26.2. The lowest BCUT2D eigenvalue weighted by Crippen LogP contribution is -2.41. The molecule has 2 saturated heterocycles. The Morgan fingerprint density at radius 2 is 1.86 bits per heavy atom. The molecule has 2 aliphatic rings. The van der Waals surface area contributed by atoms with E-state index in [1.54, 1.807) is 6.20 Å². The number of nitrogens with zero attached hydrogens (tertiary/aromatic N) is 5. The number of hydrogen-bond donors (Lipinski definition) is 1. The second-order valence-electron chi connectivity index (χ2n) is 10.9. The first-order valence-electron chi connectivity index (χ1n) is 13.0. The average molecular weight is 527 g/mol. The maximum Gasteiger partial charge on any atom is 0.410 e. The minimum atomic E-state index is -0.485. The molecule has 5 rings (SSSR count). The number of amides is 1. The van der Waals surface area contributed by atoms with E-state index < -0.39 is 5.60 Å². The molecule has 3 aromatic rings. The number of hydrogen-bond acceptors (Lipinski definition) is 7. The van der Waals surface area contributed by atoms with E-state index in [2.05, 4.69) is 29.4 Å². The molecule has 0 spiro atoms. The van der Waals surface area contributed by atoms with Gasteiger partial charge in [-0.05, 0) is 70.9 Å². The van der Waals surface area contributed by atoms with Crippen LogP contribution < -0.4 is 5.32 Å². The van der Waals surface area contributed by atoms with Crippen molar-refractivity contribution in [1.29, 1.82) is 0 Å². The third-order valence-corrected chi connectivity index (χ3v) is 7.38. The van der Waals surface area contributed by atoms with Crippen molar-refractivity contribution in [3.63, 3.8) is 0 Å². The van der Waals surface area contributed by atoms with Gasteiger partial charge in [-0.25, -0.2) is 19.3 Å². The monoisotopic (exact) mass is 526 g/mol. The summed E-state index contributed by atoms with van der Waals surface area (Å²) >= 11 is 6.55. The Morgan fingerprint density at radius 1 is 1.14 bits per heavy atom. The van der Waals surface area contributed by atoms with Gasteiger partial charge in [0.25, 0.3) is 0 Å². The van der Waals surface area contributed by atoms with Gasteiger partial charge in [-0.3, -0.25) is 0 Å². The second-order valence-corrected chi connectivity index (χ2v) is 11.3. The number of ether oxygens (including phenoxy) is 2. The lowest BCUT2D eigenvalue weighted by molar-refractivity contribution is 0.0204. The van der Waals surface area contributed by atoms with Crippen LogP contribution in [0.5, 0.6) is 0 Å². The van der Waals surface area contributed by atoms with E-state index in [4.69, 9.17) is 31.2 Å². The van der Waals surface area contributed by atoms with Crippen molar-refractivity contribution >= 4 is 29.2 Å². The summed E-state index contributed by atoms with van der Waals surface area (Å²) in [6.45, 7) is 10.6. The van der Waals surface area contributed by atoms with Crippen LogP contribution >= 0.6 is 11.6 Å².